The number of ether oxygens (including phenoxy) is 1. The minimum atomic E-state index is -1.07. The van der Waals surface area contributed by atoms with Gasteiger partial charge in [0.05, 0.1) is 11.9 Å². The molecule has 0 aromatic rings. The molecule has 1 saturated heterocycles. The van der Waals surface area contributed by atoms with Crippen molar-refractivity contribution in [2.75, 3.05) is 12.4 Å². The first-order valence-corrected chi connectivity index (χ1v) is 10.1. The zero-order chi connectivity index (χ0) is 21.6. The van der Waals surface area contributed by atoms with Gasteiger partial charge in [0.15, 0.2) is 5.78 Å². The predicted octanol–water partition coefficient (Wildman–Crippen LogP) is 1.83. The van der Waals surface area contributed by atoms with Gasteiger partial charge < -0.3 is 15.8 Å². The Morgan fingerprint density at radius 2 is 1.89 bits per heavy atom. The Hall–Kier alpha value is -1.83. The maximum atomic E-state index is 13.0. The second-order valence-electron chi connectivity index (χ2n) is 8.56. The molecule has 0 unspecified atom stereocenters. The Kier molecular flexibility index (Phi) is 8.73. The molecule has 0 aliphatic carbocycles. The van der Waals surface area contributed by atoms with Crippen molar-refractivity contribution in [3.05, 3.63) is 0 Å². The average Bonchev–Trinajstić information content (AvgIpc) is 2.95. The van der Waals surface area contributed by atoms with Crippen molar-refractivity contribution in [3.8, 4) is 0 Å². The van der Waals surface area contributed by atoms with Crippen LogP contribution < -0.4 is 11.1 Å². The van der Waals surface area contributed by atoms with Crippen molar-refractivity contribution in [2.45, 2.75) is 71.6 Å². The number of nitrogens with two attached hydrogens (primary N) is 1. The Balaban J connectivity index is 3.34. The summed E-state index contributed by atoms with van der Waals surface area (Å²) >= 11 is 5.80. The second-order valence-corrected chi connectivity index (χ2v) is 8.83. The Morgan fingerprint density at radius 1 is 1.29 bits per heavy atom. The summed E-state index contributed by atoms with van der Waals surface area (Å²) in [6.07, 6.45) is 0.0490. The third-order valence-electron chi connectivity index (χ3n) is 4.47. The summed E-state index contributed by atoms with van der Waals surface area (Å²) in [7, 11) is 0. The van der Waals surface area contributed by atoms with E-state index in [1.807, 2.05) is 13.8 Å². The fourth-order valence-electron chi connectivity index (χ4n) is 3.23. The molecule has 0 radical (unpaired) electrons. The molecule has 8 nitrogen and oxygen atoms in total. The second kappa shape index (κ2) is 10.1. The van der Waals surface area contributed by atoms with Gasteiger partial charge in [-0.15, -0.1) is 11.6 Å². The molecule has 0 bridgehead atoms. The lowest BCUT2D eigenvalue weighted by atomic mass is 9.92. The number of Topliss-reactive ketones (excluding diaryl/α,β-unsaturated/α-hetero) is 1. The van der Waals surface area contributed by atoms with Crippen LogP contribution >= 0.6 is 11.6 Å². The van der Waals surface area contributed by atoms with Gasteiger partial charge in [-0.1, -0.05) is 13.8 Å². The molecule has 160 valence electrons. The van der Waals surface area contributed by atoms with E-state index in [1.54, 1.807) is 20.8 Å². The molecule has 1 aliphatic rings. The molecular formula is C19H32ClN3O5. The SMILES string of the molecule is CC(C)C[C@@H](C(N)=O)N(C(=O)OC(C)(C)C)[C@@H](C[C@@H]1CCNC1=O)C(=O)CCl. The van der Waals surface area contributed by atoms with Crippen LogP contribution in [0.1, 0.15) is 53.9 Å². The number of primary amides is 1. The number of hydrogen-bond donors (Lipinski definition) is 2. The van der Waals surface area contributed by atoms with Crippen molar-refractivity contribution in [1.29, 1.82) is 0 Å². The summed E-state index contributed by atoms with van der Waals surface area (Å²) in [5.41, 5.74) is 4.75. The lowest BCUT2D eigenvalue weighted by Gasteiger charge is -2.38. The lowest BCUT2D eigenvalue weighted by molar-refractivity contribution is -0.130. The van der Waals surface area contributed by atoms with E-state index in [2.05, 4.69) is 5.32 Å². The zero-order valence-electron chi connectivity index (χ0n) is 17.3. The van der Waals surface area contributed by atoms with Gasteiger partial charge in [-0.2, -0.15) is 0 Å². The van der Waals surface area contributed by atoms with Crippen LogP contribution in [0.5, 0.6) is 0 Å². The minimum Gasteiger partial charge on any atom is -0.444 e. The zero-order valence-corrected chi connectivity index (χ0v) is 18.0. The highest BCUT2D eigenvalue weighted by atomic mass is 35.5. The van der Waals surface area contributed by atoms with Gasteiger partial charge in [0, 0.05) is 12.5 Å². The molecule has 3 atom stereocenters. The minimum absolute atomic E-state index is 0.0315. The Labute approximate surface area is 171 Å². The number of nitrogens with one attached hydrogen (secondary N) is 1. The summed E-state index contributed by atoms with van der Waals surface area (Å²) in [5.74, 6) is -2.15. The van der Waals surface area contributed by atoms with Crippen molar-refractivity contribution in [2.24, 2.45) is 17.6 Å². The summed E-state index contributed by atoms with van der Waals surface area (Å²) in [4.78, 5) is 51.0. The molecule has 3 N–H and O–H groups in total. The van der Waals surface area contributed by atoms with Gasteiger partial charge in [0.2, 0.25) is 11.8 Å². The first-order valence-electron chi connectivity index (χ1n) is 9.54. The fraction of sp³-hybridized carbons (Fsp3) is 0.789. The van der Waals surface area contributed by atoms with Crippen LogP contribution in [0, 0.1) is 11.8 Å². The standard InChI is InChI=1S/C19H32ClN3O5/c1-11(2)8-14(16(21)25)23(18(27)28-19(3,4)5)13(15(24)10-20)9-12-6-7-22-17(12)26/h11-14H,6-10H2,1-5H3,(H2,21,25)(H,22,26)/t12-,13-,14-/m0/s1. The number of nitrogens with zero attached hydrogens (tertiary/aromatic N) is 1. The molecule has 3 amide bonds. The van der Waals surface area contributed by atoms with E-state index in [-0.39, 0.29) is 30.5 Å². The normalized spacial score (nSPS) is 19.1. The van der Waals surface area contributed by atoms with Gasteiger partial charge in [0.25, 0.3) is 0 Å². The van der Waals surface area contributed by atoms with Crippen LogP contribution in [-0.4, -0.2) is 58.7 Å². The van der Waals surface area contributed by atoms with Crippen molar-refractivity contribution in [3.63, 3.8) is 0 Å². The highest BCUT2D eigenvalue weighted by Gasteiger charge is 2.42. The topological polar surface area (TPSA) is 119 Å². The van der Waals surface area contributed by atoms with Crippen LogP contribution in [0.3, 0.4) is 0 Å². The first-order chi connectivity index (χ1) is 12.9. The number of hydrogen-bond acceptors (Lipinski definition) is 5. The highest BCUT2D eigenvalue weighted by molar-refractivity contribution is 6.28. The van der Waals surface area contributed by atoms with Crippen LogP contribution in [-0.2, 0) is 19.1 Å². The van der Waals surface area contributed by atoms with E-state index >= 15 is 0 Å². The number of carbonyl (C=O) groups excluding carboxylic acids is 4. The predicted molar refractivity (Wildman–Crippen MR) is 106 cm³/mol. The number of amides is 3. The van der Waals surface area contributed by atoms with Gasteiger partial charge in [0.1, 0.15) is 11.6 Å². The molecule has 0 aromatic heterocycles. The van der Waals surface area contributed by atoms with E-state index in [1.165, 1.54) is 0 Å². The molecular weight excluding hydrogens is 386 g/mol. The van der Waals surface area contributed by atoms with Gasteiger partial charge in [-0.3, -0.25) is 19.3 Å². The van der Waals surface area contributed by atoms with Crippen LogP contribution in [0.4, 0.5) is 4.79 Å². The van der Waals surface area contributed by atoms with E-state index in [0.29, 0.717) is 13.0 Å². The van der Waals surface area contributed by atoms with Crippen LogP contribution in [0.25, 0.3) is 0 Å². The third-order valence-corrected chi connectivity index (χ3v) is 4.74. The lowest BCUT2D eigenvalue weighted by Crippen LogP contribution is -2.57. The van der Waals surface area contributed by atoms with Crippen molar-refractivity contribution in [1.82, 2.24) is 10.2 Å². The molecule has 28 heavy (non-hydrogen) atoms. The van der Waals surface area contributed by atoms with E-state index < -0.39 is 41.4 Å². The highest BCUT2D eigenvalue weighted by Crippen LogP contribution is 2.26. The van der Waals surface area contributed by atoms with Gasteiger partial charge in [-0.25, -0.2) is 4.79 Å². The number of rotatable bonds is 9. The largest absolute Gasteiger partial charge is 0.444 e. The number of halogens is 1. The van der Waals surface area contributed by atoms with Crippen LogP contribution in [0.15, 0.2) is 0 Å². The molecule has 0 aromatic carbocycles. The average molecular weight is 418 g/mol. The molecule has 1 aliphatic heterocycles. The number of ketones is 1. The first kappa shape index (κ1) is 24.2. The number of carbonyl (C=O) groups is 4. The maximum absolute atomic E-state index is 13.0. The van der Waals surface area contributed by atoms with E-state index in [0.717, 1.165) is 4.90 Å². The Bertz CT molecular complexity index is 603. The summed E-state index contributed by atoms with van der Waals surface area (Å²) in [5, 5.41) is 2.71. The van der Waals surface area contributed by atoms with Crippen molar-refractivity contribution < 1.29 is 23.9 Å². The molecule has 9 heteroatoms. The van der Waals surface area contributed by atoms with E-state index in [9.17, 15) is 19.2 Å². The Morgan fingerprint density at radius 3 is 2.29 bits per heavy atom. The van der Waals surface area contributed by atoms with Gasteiger partial charge >= 0.3 is 6.09 Å². The molecule has 1 rings (SSSR count). The smallest absolute Gasteiger partial charge is 0.411 e. The molecule has 1 heterocycles. The maximum Gasteiger partial charge on any atom is 0.411 e. The summed E-state index contributed by atoms with van der Waals surface area (Å²) in [6, 6.07) is -2.12. The molecule has 1 fully saturated rings. The van der Waals surface area contributed by atoms with Gasteiger partial charge in [-0.05, 0) is 46.0 Å². The van der Waals surface area contributed by atoms with E-state index in [4.69, 9.17) is 22.1 Å². The number of alkyl halides is 1. The summed E-state index contributed by atoms with van der Waals surface area (Å²) in [6.45, 7) is 9.33. The fourth-order valence-corrected chi connectivity index (χ4v) is 3.41. The monoisotopic (exact) mass is 417 g/mol. The molecule has 0 spiro atoms. The molecule has 0 saturated carbocycles. The third kappa shape index (κ3) is 6.96. The van der Waals surface area contributed by atoms with Crippen molar-refractivity contribution >= 4 is 35.3 Å². The van der Waals surface area contributed by atoms with Crippen LogP contribution in [0.2, 0.25) is 0 Å². The summed E-state index contributed by atoms with van der Waals surface area (Å²) < 4.78 is 5.46. The quantitative estimate of drug-likeness (QED) is 0.554.